The highest BCUT2D eigenvalue weighted by Gasteiger charge is 2.24. The van der Waals surface area contributed by atoms with Gasteiger partial charge in [0.15, 0.2) is 5.13 Å². The van der Waals surface area contributed by atoms with Crippen molar-refractivity contribution in [3.63, 3.8) is 0 Å². The largest absolute Gasteiger partial charge is 0.481 e. The summed E-state index contributed by atoms with van der Waals surface area (Å²) in [5.41, 5.74) is 4.87. The van der Waals surface area contributed by atoms with Gasteiger partial charge in [-0.1, -0.05) is 61.5 Å². The number of nitrogens with zero attached hydrogens (tertiary/aromatic N) is 3. The molecule has 4 rings (SSSR count). The monoisotopic (exact) mass is 457 g/mol. The molecule has 0 aliphatic rings. The Kier molecular flexibility index (Phi) is 7.15. The van der Waals surface area contributed by atoms with Gasteiger partial charge in [-0.2, -0.15) is 0 Å². The summed E-state index contributed by atoms with van der Waals surface area (Å²) in [6.45, 7) is 2.06. The number of hydrogen-bond acceptors (Lipinski definition) is 5. The third-order valence-corrected chi connectivity index (χ3v) is 6.65. The third-order valence-electron chi connectivity index (χ3n) is 5.73. The Morgan fingerprint density at radius 3 is 2.42 bits per heavy atom. The van der Waals surface area contributed by atoms with Gasteiger partial charge in [-0.05, 0) is 36.1 Å². The van der Waals surface area contributed by atoms with E-state index in [2.05, 4.69) is 24.0 Å². The molecule has 0 unspecified atom stereocenters. The van der Waals surface area contributed by atoms with E-state index < -0.39 is 0 Å². The Balaban J connectivity index is 1.60. The number of amides is 1. The number of rotatable bonds is 8. The maximum absolute atomic E-state index is 13.3. The number of carbonyl (C=O) groups is 1. The topological polar surface area (TPSA) is 55.3 Å². The molecule has 168 valence electrons. The lowest BCUT2D eigenvalue weighted by molar-refractivity contribution is -0.122. The van der Waals surface area contributed by atoms with Gasteiger partial charge in [0.2, 0.25) is 11.8 Å². The molecule has 33 heavy (non-hydrogen) atoms. The molecule has 2 aromatic heterocycles. The Hall–Kier alpha value is -3.51. The van der Waals surface area contributed by atoms with E-state index in [1.54, 1.807) is 18.2 Å². The molecular weight excluding hydrogens is 430 g/mol. The quantitative estimate of drug-likeness (QED) is 0.320. The lowest BCUT2D eigenvalue weighted by atomic mass is 9.96. The average Bonchev–Trinajstić information content (AvgIpc) is 3.37. The van der Waals surface area contributed by atoms with Crippen LogP contribution in [0.25, 0.3) is 22.4 Å². The second-order valence-electron chi connectivity index (χ2n) is 7.81. The van der Waals surface area contributed by atoms with Crippen molar-refractivity contribution in [2.45, 2.75) is 19.8 Å². The summed E-state index contributed by atoms with van der Waals surface area (Å²) in [7, 11) is 3.43. The second kappa shape index (κ2) is 10.4. The van der Waals surface area contributed by atoms with Crippen LogP contribution in [0.2, 0.25) is 0 Å². The summed E-state index contributed by atoms with van der Waals surface area (Å²) < 4.78 is 5.47. The number of carbonyl (C=O) groups excluding carboxylic acids is 1. The highest BCUT2D eigenvalue weighted by molar-refractivity contribution is 7.14. The Morgan fingerprint density at radius 1 is 1.00 bits per heavy atom. The zero-order valence-electron chi connectivity index (χ0n) is 19.1. The van der Waals surface area contributed by atoms with Crippen molar-refractivity contribution < 1.29 is 9.53 Å². The normalized spacial score (nSPS) is 11.7. The molecular formula is C27H27N3O2S. The molecule has 0 spiro atoms. The fourth-order valence-electron chi connectivity index (χ4n) is 3.91. The molecule has 0 aliphatic carbocycles. The molecule has 4 aromatic rings. The number of aromatic nitrogens is 2. The predicted molar refractivity (Wildman–Crippen MR) is 135 cm³/mol. The minimum Gasteiger partial charge on any atom is -0.481 e. The molecule has 0 saturated carbocycles. The van der Waals surface area contributed by atoms with Crippen LogP contribution < -0.4 is 9.64 Å². The van der Waals surface area contributed by atoms with Crippen molar-refractivity contribution in [2.24, 2.45) is 5.92 Å². The SMILES string of the molecule is CC[C@H](Cc1ccccc1)C(=O)N(C)c1nc(-c2ccccc2-c2cccnc2OC)cs1. The number of anilines is 1. The van der Waals surface area contributed by atoms with Gasteiger partial charge in [-0.15, -0.1) is 11.3 Å². The van der Waals surface area contributed by atoms with Crippen LogP contribution in [0.4, 0.5) is 5.13 Å². The van der Waals surface area contributed by atoms with Gasteiger partial charge in [-0.25, -0.2) is 9.97 Å². The Morgan fingerprint density at radius 2 is 1.70 bits per heavy atom. The zero-order chi connectivity index (χ0) is 23.2. The van der Waals surface area contributed by atoms with Crippen molar-refractivity contribution >= 4 is 22.4 Å². The highest BCUT2D eigenvalue weighted by atomic mass is 32.1. The molecule has 0 fully saturated rings. The lowest BCUT2D eigenvalue weighted by Gasteiger charge is -2.21. The smallest absolute Gasteiger partial charge is 0.231 e. The maximum Gasteiger partial charge on any atom is 0.231 e. The molecule has 0 radical (unpaired) electrons. The van der Waals surface area contributed by atoms with Gasteiger partial charge in [-0.3, -0.25) is 9.69 Å². The molecule has 2 aromatic carbocycles. The van der Waals surface area contributed by atoms with Crippen LogP contribution in [0.15, 0.2) is 78.3 Å². The fourth-order valence-corrected chi connectivity index (χ4v) is 4.71. The molecule has 2 heterocycles. The first kappa shape index (κ1) is 22.7. The van der Waals surface area contributed by atoms with Crippen LogP contribution in [0.5, 0.6) is 5.88 Å². The van der Waals surface area contributed by atoms with Crippen LogP contribution in [0.1, 0.15) is 18.9 Å². The number of benzene rings is 2. The highest BCUT2D eigenvalue weighted by Crippen LogP contribution is 2.37. The molecule has 1 atom stereocenters. The fraction of sp³-hybridized carbons (Fsp3) is 0.222. The molecule has 5 nitrogen and oxygen atoms in total. The zero-order valence-corrected chi connectivity index (χ0v) is 19.9. The maximum atomic E-state index is 13.3. The molecule has 0 saturated heterocycles. The van der Waals surface area contributed by atoms with E-state index in [1.165, 1.54) is 16.9 Å². The Bertz CT molecular complexity index is 1220. The number of hydrogen-bond donors (Lipinski definition) is 0. The van der Waals surface area contributed by atoms with Crippen LogP contribution in [0.3, 0.4) is 0 Å². The van der Waals surface area contributed by atoms with Crippen molar-refractivity contribution in [1.82, 2.24) is 9.97 Å². The van der Waals surface area contributed by atoms with E-state index in [-0.39, 0.29) is 11.8 Å². The van der Waals surface area contributed by atoms with Crippen molar-refractivity contribution in [3.05, 3.63) is 83.9 Å². The van der Waals surface area contributed by atoms with Gasteiger partial charge in [0, 0.05) is 35.7 Å². The van der Waals surface area contributed by atoms with Gasteiger partial charge < -0.3 is 4.74 Å². The number of pyridine rings is 1. The van der Waals surface area contributed by atoms with Crippen LogP contribution in [-0.2, 0) is 11.2 Å². The van der Waals surface area contributed by atoms with Gasteiger partial charge in [0.05, 0.1) is 12.8 Å². The summed E-state index contributed by atoms with van der Waals surface area (Å²) in [4.78, 5) is 24.1. The van der Waals surface area contributed by atoms with Gasteiger partial charge in [0.1, 0.15) is 0 Å². The first-order chi connectivity index (χ1) is 16.1. The third kappa shape index (κ3) is 4.96. The van der Waals surface area contributed by atoms with Crippen LogP contribution >= 0.6 is 11.3 Å². The minimum atomic E-state index is -0.0864. The molecule has 0 N–H and O–H groups in total. The van der Waals surface area contributed by atoms with E-state index >= 15 is 0 Å². The molecule has 0 bridgehead atoms. The van der Waals surface area contributed by atoms with Crippen LogP contribution in [0, 0.1) is 5.92 Å². The summed E-state index contributed by atoms with van der Waals surface area (Å²) >= 11 is 1.48. The molecule has 0 aliphatic heterocycles. The van der Waals surface area contributed by atoms with E-state index in [0.717, 1.165) is 35.2 Å². The van der Waals surface area contributed by atoms with Crippen LogP contribution in [-0.4, -0.2) is 30.0 Å². The van der Waals surface area contributed by atoms with E-state index in [0.29, 0.717) is 11.0 Å². The van der Waals surface area contributed by atoms with Crippen molar-refractivity contribution in [3.8, 4) is 28.3 Å². The summed E-state index contributed by atoms with van der Waals surface area (Å²) in [6.07, 6.45) is 3.22. The minimum absolute atomic E-state index is 0.0864. The first-order valence-corrected chi connectivity index (χ1v) is 11.9. The number of ether oxygens (including phenoxy) is 1. The summed E-state index contributed by atoms with van der Waals surface area (Å²) in [5, 5.41) is 2.69. The van der Waals surface area contributed by atoms with Crippen molar-refractivity contribution in [2.75, 3.05) is 19.1 Å². The van der Waals surface area contributed by atoms with Gasteiger partial charge in [0.25, 0.3) is 0 Å². The lowest BCUT2D eigenvalue weighted by Crippen LogP contribution is -2.33. The average molecular weight is 458 g/mol. The molecule has 1 amide bonds. The number of thiazole rings is 1. The standard InChI is InChI=1S/C27H27N3O2S/c1-4-20(17-19-11-6-5-7-12-19)26(31)30(2)27-29-24(18-33-27)22-14-9-8-13-21(22)23-15-10-16-28-25(23)32-3/h5-16,18,20H,4,17H2,1-3H3/t20-/m1/s1. The van der Waals surface area contributed by atoms with E-state index in [4.69, 9.17) is 9.72 Å². The summed E-state index contributed by atoms with van der Waals surface area (Å²) in [5.74, 6) is 0.570. The molecule has 6 heteroatoms. The van der Waals surface area contributed by atoms with E-state index in [9.17, 15) is 4.79 Å². The van der Waals surface area contributed by atoms with Crippen molar-refractivity contribution in [1.29, 1.82) is 0 Å². The number of methoxy groups -OCH3 is 1. The van der Waals surface area contributed by atoms with Gasteiger partial charge >= 0.3 is 0 Å². The summed E-state index contributed by atoms with van der Waals surface area (Å²) in [6, 6.07) is 22.1. The first-order valence-electron chi connectivity index (χ1n) is 11.0. The predicted octanol–water partition coefficient (Wildman–Crippen LogP) is 6.11. The Labute approximate surface area is 198 Å². The second-order valence-corrected chi connectivity index (χ2v) is 8.65. The van der Waals surface area contributed by atoms with E-state index in [1.807, 2.05) is 67.0 Å².